The molecule has 4 rings (SSSR count). The van der Waals surface area contributed by atoms with Crippen LogP contribution >= 0.6 is 11.3 Å². The van der Waals surface area contributed by atoms with Crippen LogP contribution in [0.2, 0.25) is 0 Å². The number of anilines is 1. The Kier molecular flexibility index (Phi) is 6.29. The van der Waals surface area contributed by atoms with Crippen molar-refractivity contribution in [1.82, 2.24) is 9.47 Å². The number of hydrogen-bond acceptors (Lipinski definition) is 5. The summed E-state index contributed by atoms with van der Waals surface area (Å²) in [7, 11) is -4.21. The van der Waals surface area contributed by atoms with E-state index in [2.05, 4.69) is 0 Å². The Morgan fingerprint density at radius 1 is 1.06 bits per heavy atom. The molecule has 1 aliphatic rings. The van der Waals surface area contributed by atoms with Crippen molar-refractivity contribution in [3.63, 3.8) is 0 Å². The number of aromatic nitrogens is 1. The molecule has 0 aliphatic carbocycles. The number of halogens is 2. The molecule has 1 saturated heterocycles. The van der Waals surface area contributed by atoms with E-state index in [4.69, 9.17) is 0 Å². The van der Waals surface area contributed by atoms with Crippen LogP contribution in [-0.4, -0.2) is 36.9 Å². The van der Waals surface area contributed by atoms with Gasteiger partial charge in [-0.1, -0.05) is 11.3 Å². The lowest BCUT2D eigenvalue weighted by atomic mass is 10.1. The van der Waals surface area contributed by atoms with Crippen molar-refractivity contribution < 1.29 is 22.0 Å². The van der Waals surface area contributed by atoms with Crippen LogP contribution in [0.1, 0.15) is 25.7 Å². The summed E-state index contributed by atoms with van der Waals surface area (Å²) in [6.45, 7) is 1.67. The van der Waals surface area contributed by atoms with Crippen molar-refractivity contribution in [3.8, 4) is 0 Å². The van der Waals surface area contributed by atoms with E-state index in [0.717, 1.165) is 61.9 Å². The van der Waals surface area contributed by atoms with Crippen LogP contribution in [0, 0.1) is 11.6 Å². The molecule has 0 radical (unpaired) electrons. The molecule has 1 amide bonds. The number of thiazole rings is 1. The average Bonchev–Trinajstić information content (AvgIpc) is 3.09. The minimum absolute atomic E-state index is 0.00327. The monoisotopic (exact) mass is 481 g/mol. The fraction of sp³-hybridized carbons (Fsp3) is 0.333. The Bertz CT molecular complexity index is 1330. The van der Waals surface area contributed by atoms with Crippen LogP contribution in [-0.2, 0) is 21.4 Å². The van der Waals surface area contributed by atoms with E-state index in [9.17, 15) is 26.8 Å². The van der Waals surface area contributed by atoms with Gasteiger partial charge in [0.15, 0.2) is 0 Å². The number of carbonyl (C=O) groups is 1. The fourth-order valence-electron chi connectivity index (χ4n) is 3.71. The molecule has 0 spiro atoms. The third-order valence-corrected chi connectivity index (χ3v) is 7.69. The smallest absolute Gasteiger partial charge is 0.308 e. The van der Waals surface area contributed by atoms with Crippen LogP contribution in [0.25, 0.3) is 10.2 Å². The van der Waals surface area contributed by atoms with Gasteiger partial charge in [0, 0.05) is 32.1 Å². The van der Waals surface area contributed by atoms with E-state index in [1.807, 2.05) is 9.62 Å². The summed E-state index contributed by atoms with van der Waals surface area (Å²) in [5.74, 6) is -1.70. The van der Waals surface area contributed by atoms with Gasteiger partial charge in [0.1, 0.15) is 11.6 Å². The van der Waals surface area contributed by atoms with E-state index >= 15 is 0 Å². The van der Waals surface area contributed by atoms with Gasteiger partial charge in [0.2, 0.25) is 5.91 Å². The number of aryl methyl sites for hydroxylation is 1. The molecule has 1 N–H and O–H groups in total. The van der Waals surface area contributed by atoms with Gasteiger partial charge in [-0.15, -0.1) is 0 Å². The summed E-state index contributed by atoms with van der Waals surface area (Å²) < 4.78 is 56.4. The lowest BCUT2D eigenvalue weighted by Gasteiger charge is -2.26. The Hall–Kier alpha value is -2.79. The third kappa shape index (κ3) is 4.68. The number of benzene rings is 2. The van der Waals surface area contributed by atoms with Gasteiger partial charge in [-0.3, -0.25) is 18.9 Å². The molecule has 7 nitrogen and oxygen atoms in total. The van der Waals surface area contributed by atoms with E-state index in [-0.39, 0.29) is 28.6 Å². The second-order valence-electron chi connectivity index (χ2n) is 7.57. The topological polar surface area (TPSA) is 88.5 Å². The molecule has 0 bridgehead atoms. The first-order valence-electron chi connectivity index (χ1n) is 10.1. The first kappa shape index (κ1) is 22.4. The molecular formula is C21H21F2N3O4S2. The van der Waals surface area contributed by atoms with Gasteiger partial charge in [-0.2, -0.15) is 0 Å². The summed E-state index contributed by atoms with van der Waals surface area (Å²) in [6, 6.07) is 6.54. The molecule has 170 valence electrons. The van der Waals surface area contributed by atoms with Crippen LogP contribution in [0.5, 0.6) is 0 Å². The summed E-state index contributed by atoms with van der Waals surface area (Å²) >= 11 is 0.864. The lowest BCUT2D eigenvalue weighted by molar-refractivity contribution is -0.132. The van der Waals surface area contributed by atoms with Crippen molar-refractivity contribution in [1.29, 1.82) is 0 Å². The Morgan fingerprint density at radius 3 is 2.56 bits per heavy atom. The Morgan fingerprint density at radius 2 is 1.81 bits per heavy atom. The fourth-order valence-corrected chi connectivity index (χ4v) is 5.83. The van der Waals surface area contributed by atoms with E-state index in [1.165, 1.54) is 22.8 Å². The van der Waals surface area contributed by atoms with Crippen LogP contribution in [0.3, 0.4) is 0 Å². The molecule has 32 heavy (non-hydrogen) atoms. The minimum atomic E-state index is -4.21. The number of sulfonamides is 1. The first-order chi connectivity index (χ1) is 15.2. The van der Waals surface area contributed by atoms with Gasteiger partial charge in [0.05, 0.1) is 20.8 Å². The summed E-state index contributed by atoms with van der Waals surface area (Å²) in [5.41, 5.74) is 0.00871. The summed E-state index contributed by atoms with van der Waals surface area (Å²) in [6.07, 6.45) is 3.27. The SMILES string of the molecule is O=C(CCn1c(=O)sc2cc(S(=O)(=O)Nc3cc(F)ccc3F)ccc21)N1CCCCC1. The van der Waals surface area contributed by atoms with Gasteiger partial charge < -0.3 is 4.90 Å². The maximum Gasteiger partial charge on any atom is 0.308 e. The lowest BCUT2D eigenvalue weighted by Crippen LogP contribution is -2.36. The number of rotatable bonds is 6. The number of hydrogen-bond donors (Lipinski definition) is 1. The highest BCUT2D eigenvalue weighted by molar-refractivity contribution is 7.92. The molecular weight excluding hydrogens is 460 g/mol. The number of piperidine rings is 1. The summed E-state index contributed by atoms with van der Waals surface area (Å²) in [4.78, 5) is 26.2. The normalized spacial score (nSPS) is 14.6. The molecule has 2 heterocycles. The van der Waals surface area contributed by atoms with Crippen molar-refractivity contribution >= 4 is 43.2 Å². The Labute approximate surface area is 187 Å². The molecule has 0 atom stereocenters. The molecule has 3 aromatic rings. The molecule has 11 heteroatoms. The molecule has 2 aromatic carbocycles. The molecule has 0 unspecified atom stereocenters. The van der Waals surface area contributed by atoms with Gasteiger partial charge in [0.25, 0.3) is 10.0 Å². The molecule has 1 aromatic heterocycles. The summed E-state index contributed by atoms with van der Waals surface area (Å²) in [5, 5.41) is 0. The maximum atomic E-state index is 13.8. The van der Waals surface area contributed by atoms with Gasteiger partial charge >= 0.3 is 4.87 Å². The molecule has 0 saturated carbocycles. The first-order valence-corrected chi connectivity index (χ1v) is 12.4. The predicted molar refractivity (Wildman–Crippen MR) is 118 cm³/mol. The number of amides is 1. The van der Waals surface area contributed by atoms with Gasteiger partial charge in [-0.05, 0) is 49.6 Å². The average molecular weight is 482 g/mol. The second-order valence-corrected chi connectivity index (χ2v) is 10.2. The highest BCUT2D eigenvalue weighted by atomic mass is 32.2. The molecule has 1 aliphatic heterocycles. The third-order valence-electron chi connectivity index (χ3n) is 5.38. The second kappa shape index (κ2) is 8.99. The van der Waals surface area contributed by atoms with E-state index in [1.54, 1.807) is 0 Å². The van der Waals surface area contributed by atoms with Gasteiger partial charge in [-0.25, -0.2) is 17.2 Å². The standard InChI is InChI=1S/C21H21F2N3O4S2/c22-14-4-6-16(23)17(12-14)24-32(29,30)15-5-7-18-19(13-15)31-21(28)26(18)11-8-20(27)25-9-2-1-3-10-25/h4-7,12-13,24H,1-3,8-11H2. The highest BCUT2D eigenvalue weighted by Gasteiger charge is 2.20. The zero-order valence-electron chi connectivity index (χ0n) is 17.0. The zero-order chi connectivity index (χ0) is 22.9. The maximum absolute atomic E-state index is 13.8. The number of nitrogens with zero attached hydrogens (tertiary/aromatic N) is 2. The number of carbonyl (C=O) groups excluding carboxylic acids is 1. The van der Waals surface area contributed by atoms with E-state index in [0.29, 0.717) is 10.2 Å². The Balaban J connectivity index is 1.55. The largest absolute Gasteiger partial charge is 0.343 e. The minimum Gasteiger partial charge on any atom is -0.343 e. The van der Waals surface area contributed by atoms with Crippen molar-refractivity contribution in [2.75, 3.05) is 17.8 Å². The number of fused-ring (bicyclic) bond motifs is 1. The number of nitrogens with one attached hydrogen (secondary N) is 1. The van der Waals surface area contributed by atoms with E-state index < -0.39 is 27.3 Å². The van der Waals surface area contributed by atoms with Crippen LogP contribution in [0.15, 0.2) is 46.1 Å². The highest BCUT2D eigenvalue weighted by Crippen LogP contribution is 2.25. The zero-order valence-corrected chi connectivity index (χ0v) is 18.6. The van der Waals surface area contributed by atoms with Crippen molar-refractivity contribution in [3.05, 3.63) is 57.7 Å². The van der Waals surface area contributed by atoms with Crippen molar-refractivity contribution in [2.45, 2.75) is 37.1 Å². The number of likely N-dealkylation sites (tertiary alicyclic amines) is 1. The van der Waals surface area contributed by atoms with Crippen LogP contribution < -0.4 is 9.60 Å². The quantitative estimate of drug-likeness (QED) is 0.583. The van der Waals surface area contributed by atoms with Crippen molar-refractivity contribution in [2.24, 2.45) is 0 Å². The molecule has 1 fully saturated rings. The van der Waals surface area contributed by atoms with Crippen LogP contribution in [0.4, 0.5) is 14.5 Å². The predicted octanol–water partition coefficient (Wildman–Crippen LogP) is 3.54.